The van der Waals surface area contributed by atoms with Crippen molar-refractivity contribution in [2.45, 2.75) is 43.5 Å². The Labute approximate surface area is 125 Å². The fourth-order valence-electron chi connectivity index (χ4n) is 2.31. The van der Waals surface area contributed by atoms with Crippen molar-refractivity contribution in [3.8, 4) is 0 Å². The number of thioether (sulfide) groups is 1. The van der Waals surface area contributed by atoms with E-state index in [1.165, 1.54) is 0 Å². The molecule has 0 spiro atoms. The molecule has 0 aromatic carbocycles. The van der Waals surface area contributed by atoms with Crippen molar-refractivity contribution >= 4 is 21.8 Å². The summed E-state index contributed by atoms with van der Waals surface area (Å²) in [5.41, 5.74) is 0.900. The van der Waals surface area contributed by atoms with Crippen LogP contribution in [0, 0.1) is 0 Å². The van der Waals surface area contributed by atoms with Gasteiger partial charge in [-0.2, -0.15) is 16.1 Å². The summed E-state index contributed by atoms with van der Waals surface area (Å²) in [6.07, 6.45) is 1.60. The number of H-pyrrole nitrogens is 1. The van der Waals surface area contributed by atoms with E-state index in [4.69, 9.17) is 0 Å². The van der Waals surface area contributed by atoms with Crippen molar-refractivity contribution in [3.05, 3.63) is 18.0 Å². The van der Waals surface area contributed by atoms with E-state index in [1.54, 1.807) is 16.6 Å². The summed E-state index contributed by atoms with van der Waals surface area (Å²) in [5.74, 6) is 0.861. The quantitative estimate of drug-likeness (QED) is 0.866. The molecule has 2 unspecified atom stereocenters. The number of nitrogens with zero attached hydrogens (tertiary/aromatic N) is 1. The van der Waals surface area contributed by atoms with Crippen molar-refractivity contribution in [2.75, 3.05) is 18.8 Å². The maximum absolute atomic E-state index is 12.7. The number of sulfonamides is 1. The zero-order valence-electron chi connectivity index (χ0n) is 12.2. The first-order valence-electron chi connectivity index (χ1n) is 6.98. The lowest BCUT2D eigenvalue weighted by molar-refractivity contribution is 0.340. The molecule has 0 bridgehead atoms. The molecular formula is C13H23N3O2S2. The van der Waals surface area contributed by atoms with Crippen LogP contribution in [0.2, 0.25) is 0 Å². The molecule has 2 rings (SSSR count). The Kier molecular flexibility index (Phi) is 5.17. The van der Waals surface area contributed by atoms with Crippen LogP contribution in [0.5, 0.6) is 0 Å². The Morgan fingerprint density at radius 1 is 1.50 bits per heavy atom. The summed E-state index contributed by atoms with van der Waals surface area (Å²) in [6, 6.07) is 1.77. The van der Waals surface area contributed by atoms with Gasteiger partial charge in [0.1, 0.15) is 0 Å². The Hall–Kier alpha value is -0.500. The highest BCUT2D eigenvalue weighted by Gasteiger charge is 2.35. The topological polar surface area (TPSA) is 65.2 Å². The predicted molar refractivity (Wildman–Crippen MR) is 83.4 cm³/mol. The van der Waals surface area contributed by atoms with Crippen LogP contribution in [0.25, 0.3) is 0 Å². The van der Waals surface area contributed by atoms with Gasteiger partial charge in [0.2, 0.25) is 10.0 Å². The molecule has 5 nitrogen and oxygen atoms in total. The molecular weight excluding hydrogens is 294 g/mol. The summed E-state index contributed by atoms with van der Waals surface area (Å²) in [6.45, 7) is 8.21. The molecule has 1 aromatic rings. The SMILES string of the molecule is CCNCc1cc(S(=O)(=O)N2CCSC(C)C2C)c[nH]1. The van der Waals surface area contributed by atoms with Crippen molar-refractivity contribution < 1.29 is 8.42 Å². The average Bonchev–Trinajstić information content (AvgIpc) is 2.89. The molecule has 2 heterocycles. The number of hydrogen-bond acceptors (Lipinski definition) is 4. The van der Waals surface area contributed by atoms with Gasteiger partial charge in [-0.3, -0.25) is 0 Å². The van der Waals surface area contributed by atoms with E-state index >= 15 is 0 Å². The monoisotopic (exact) mass is 317 g/mol. The third-order valence-corrected chi connectivity index (χ3v) is 7.02. The summed E-state index contributed by atoms with van der Waals surface area (Å²) < 4.78 is 27.0. The molecule has 2 atom stereocenters. The number of nitrogens with one attached hydrogen (secondary N) is 2. The minimum absolute atomic E-state index is 0.0332. The normalized spacial score (nSPS) is 24.9. The minimum Gasteiger partial charge on any atom is -0.363 e. The Bertz CT molecular complexity index is 542. The molecule has 0 radical (unpaired) electrons. The highest BCUT2D eigenvalue weighted by Crippen LogP contribution is 2.29. The van der Waals surface area contributed by atoms with Crippen molar-refractivity contribution in [3.63, 3.8) is 0 Å². The molecule has 1 aliphatic rings. The fraction of sp³-hybridized carbons (Fsp3) is 0.692. The van der Waals surface area contributed by atoms with Gasteiger partial charge in [0.05, 0.1) is 4.90 Å². The number of aromatic amines is 1. The third kappa shape index (κ3) is 3.21. The van der Waals surface area contributed by atoms with Gasteiger partial charge >= 0.3 is 0 Å². The van der Waals surface area contributed by atoms with Crippen LogP contribution in [0.4, 0.5) is 0 Å². The van der Waals surface area contributed by atoms with Gasteiger partial charge in [-0.25, -0.2) is 8.42 Å². The third-order valence-electron chi connectivity index (χ3n) is 3.71. The molecule has 0 saturated carbocycles. The molecule has 1 saturated heterocycles. The molecule has 7 heteroatoms. The van der Waals surface area contributed by atoms with Crippen LogP contribution >= 0.6 is 11.8 Å². The van der Waals surface area contributed by atoms with Crippen molar-refractivity contribution in [2.24, 2.45) is 0 Å². The summed E-state index contributed by atoms with van der Waals surface area (Å²) in [7, 11) is -3.39. The molecule has 0 aliphatic carbocycles. The highest BCUT2D eigenvalue weighted by atomic mass is 32.2. The maximum Gasteiger partial charge on any atom is 0.244 e. The average molecular weight is 317 g/mol. The lowest BCUT2D eigenvalue weighted by Gasteiger charge is -2.36. The van der Waals surface area contributed by atoms with Crippen LogP contribution in [0.15, 0.2) is 17.2 Å². The van der Waals surface area contributed by atoms with Crippen LogP contribution < -0.4 is 5.32 Å². The number of hydrogen-bond donors (Lipinski definition) is 2. The van der Waals surface area contributed by atoms with E-state index in [1.807, 2.05) is 25.6 Å². The molecule has 1 fully saturated rings. The van der Waals surface area contributed by atoms with Gasteiger partial charge in [0.15, 0.2) is 0 Å². The maximum atomic E-state index is 12.7. The summed E-state index contributed by atoms with van der Waals surface area (Å²) in [4.78, 5) is 3.41. The Balaban J connectivity index is 2.19. The second-order valence-corrected chi connectivity index (χ2v) is 8.45. The van der Waals surface area contributed by atoms with Crippen LogP contribution in [0.1, 0.15) is 26.5 Å². The number of aromatic nitrogens is 1. The summed E-state index contributed by atoms with van der Waals surface area (Å²) >= 11 is 1.83. The zero-order chi connectivity index (χ0) is 14.8. The zero-order valence-corrected chi connectivity index (χ0v) is 13.9. The van der Waals surface area contributed by atoms with E-state index < -0.39 is 10.0 Å². The molecule has 2 N–H and O–H groups in total. The van der Waals surface area contributed by atoms with Gasteiger partial charge in [-0.1, -0.05) is 13.8 Å². The van der Waals surface area contributed by atoms with Crippen LogP contribution in [-0.4, -0.2) is 47.8 Å². The molecule has 0 amide bonds. The lowest BCUT2D eigenvalue weighted by Crippen LogP contribution is -2.47. The first-order valence-corrected chi connectivity index (χ1v) is 9.47. The first-order chi connectivity index (χ1) is 9.46. The Morgan fingerprint density at radius 2 is 2.25 bits per heavy atom. The second kappa shape index (κ2) is 6.51. The van der Waals surface area contributed by atoms with Crippen LogP contribution in [-0.2, 0) is 16.6 Å². The largest absolute Gasteiger partial charge is 0.363 e. The van der Waals surface area contributed by atoms with Gasteiger partial charge in [0.25, 0.3) is 0 Å². The second-order valence-electron chi connectivity index (χ2n) is 5.07. The van der Waals surface area contributed by atoms with Crippen molar-refractivity contribution in [1.29, 1.82) is 0 Å². The molecule has 20 heavy (non-hydrogen) atoms. The van der Waals surface area contributed by atoms with Gasteiger partial charge in [0, 0.05) is 42.0 Å². The molecule has 1 aromatic heterocycles. The lowest BCUT2D eigenvalue weighted by atomic mass is 10.2. The minimum atomic E-state index is -3.39. The van der Waals surface area contributed by atoms with E-state index in [2.05, 4.69) is 17.2 Å². The molecule has 1 aliphatic heterocycles. The van der Waals surface area contributed by atoms with Crippen molar-refractivity contribution in [1.82, 2.24) is 14.6 Å². The summed E-state index contributed by atoms with van der Waals surface area (Å²) in [5, 5.41) is 3.51. The van der Waals surface area contributed by atoms with E-state index in [-0.39, 0.29) is 6.04 Å². The van der Waals surface area contributed by atoms with Gasteiger partial charge < -0.3 is 10.3 Å². The highest BCUT2D eigenvalue weighted by molar-refractivity contribution is 8.00. The Morgan fingerprint density at radius 3 is 2.95 bits per heavy atom. The van der Waals surface area contributed by atoms with E-state index in [9.17, 15) is 8.42 Å². The standard InChI is InChI=1S/C13H23N3O2S2/c1-4-14-8-12-7-13(9-15-12)20(17,18)16-5-6-19-11(3)10(16)2/h7,9-11,14-15H,4-6,8H2,1-3H3. The predicted octanol–water partition coefficient (Wildman–Crippen LogP) is 1.64. The first kappa shape index (κ1) is 15.9. The van der Waals surface area contributed by atoms with Crippen LogP contribution in [0.3, 0.4) is 0 Å². The molecule has 114 valence electrons. The van der Waals surface area contributed by atoms with E-state index in [0.717, 1.165) is 18.0 Å². The fourth-order valence-corrected chi connectivity index (χ4v) is 5.32. The van der Waals surface area contributed by atoms with Gasteiger partial charge in [-0.05, 0) is 19.5 Å². The van der Waals surface area contributed by atoms with Gasteiger partial charge in [-0.15, -0.1) is 0 Å². The van der Waals surface area contributed by atoms with E-state index in [0.29, 0.717) is 23.2 Å². The smallest absolute Gasteiger partial charge is 0.244 e. The number of rotatable bonds is 5.